The summed E-state index contributed by atoms with van der Waals surface area (Å²) in [7, 11) is 0. The number of hydrogen-bond donors (Lipinski definition) is 2. The van der Waals surface area contributed by atoms with Gasteiger partial charge in [0.15, 0.2) is 0 Å². The maximum absolute atomic E-state index is 15.3. The summed E-state index contributed by atoms with van der Waals surface area (Å²) >= 11 is 0. The SMILES string of the molecule is CC1OCc2c(N3C[C@@H]4C=CCC(N)[C@@H]4C3)c(F)cc3c(=O)c(C(=O)O)cn1c23. The fourth-order valence-corrected chi connectivity index (χ4v) is 5.04. The van der Waals surface area contributed by atoms with Gasteiger partial charge in [-0.2, -0.15) is 0 Å². The van der Waals surface area contributed by atoms with E-state index in [1.807, 2.05) is 4.90 Å². The van der Waals surface area contributed by atoms with Crippen LogP contribution in [0.2, 0.25) is 0 Å². The number of fused-ring (bicyclic) bond motifs is 1. The van der Waals surface area contributed by atoms with E-state index in [1.165, 1.54) is 12.3 Å². The predicted molar refractivity (Wildman–Crippen MR) is 106 cm³/mol. The number of anilines is 1. The van der Waals surface area contributed by atoms with E-state index in [1.54, 1.807) is 11.5 Å². The Labute approximate surface area is 166 Å². The average Bonchev–Trinajstić information content (AvgIpc) is 3.10. The normalized spacial score (nSPS) is 28.0. The minimum absolute atomic E-state index is 0.0439. The molecule has 3 aliphatic rings. The van der Waals surface area contributed by atoms with Gasteiger partial charge in [-0.1, -0.05) is 12.2 Å². The van der Waals surface area contributed by atoms with Crippen LogP contribution < -0.4 is 16.1 Å². The van der Waals surface area contributed by atoms with Gasteiger partial charge in [0.1, 0.15) is 17.6 Å². The number of nitrogens with zero attached hydrogens (tertiary/aromatic N) is 2. The molecule has 3 N–H and O–H groups in total. The van der Waals surface area contributed by atoms with Crippen LogP contribution in [0, 0.1) is 17.7 Å². The first-order valence-electron chi connectivity index (χ1n) is 9.79. The first-order chi connectivity index (χ1) is 13.9. The summed E-state index contributed by atoms with van der Waals surface area (Å²) in [6.45, 7) is 3.22. The average molecular weight is 399 g/mol. The van der Waals surface area contributed by atoms with Crippen LogP contribution in [0.15, 0.2) is 29.2 Å². The van der Waals surface area contributed by atoms with Crippen molar-refractivity contribution < 1.29 is 19.0 Å². The highest BCUT2D eigenvalue weighted by Crippen LogP contribution is 2.41. The van der Waals surface area contributed by atoms with Gasteiger partial charge in [0.2, 0.25) is 5.43 Å². The molecule has 1 aromatic heterocycles. The van der Waals surface area contributed by atoms with E-state index in [-0.39, 0.29) is 29.9 Å². The number of benzene rings is 1. The van der Waals surface area contributed by atoms with Gasteiger partial charge in [0.25, 0.3) is 0 Å². The van der Waals surface area contributed by atoms with Gasteiger partial charge in [-0.25, -0.2) is 9.18 Å². The van der Waals surface area contributed by atoms with Crippen LogP contribution in [0.3, 0.4) is 0 Å². The minimum Gasteiger partial charge on any atom is -0.477 e. The Morgan fingerprint density at radius 3 is 2.90 bits per heavy atom. The number of nitrogens with two attached hydrogens (primary N) is 1. The standard InChI is InChI=1S/C21H22FN3O4/c1-10-25-8-14(21(27)28)20(26)12-5-16(22)19(15(9-29-10)18(12)25)24-6-11-3-2-4-17(23)13(11)7-24/h2-3,5,8,10-11,13,17H,4,6-7,9,23H2,1H3,(H,27,28)/t10?,11-,13+,17?/m0/s1. The molecule has 1 fully saturated rings. The van der Waals surface area contributed by atoms with Crippen LogP contribution in [0.25, 0.3) is 10.9 Å². The lowest BCUT2D eigenvalue weighted by Gasteiger charge is -2.31. The Kier molecular flexibility index (Phi) is 4.04. The number of aromatic carboxylic acids is 1. The first kappa shape index (κ1) is 18.3. The minimum atomic E-state index is -1.34. The molecule has 2 aromatic rings. The number of carbonyl (C=O) groups is 1. The summed E-state index contributed by atoms with van der Waals surface area (Å²) in [4.78, 5) is 26.2. The zero-order valence-electron chi connectivity index (χ0n) is 16.0. The van der Waals surface area contributed by atoms with Crippen molar-refractivity contribution in [1.29, 1.82) is 0 Å². The fourth-order valence-electron chi connectivity index (χ4n) is 5.04. The number of aromatic nitrogens is 1. The second-order valence-corrected chi connectivity index (χ2v) is 8.14. The molecule has 3 heterocycles. The molecule has 0 amide bonds. The van der Waals surface area contributed by atoms with Crippen molar-refractivity contribution in [1.82, 2.24) is 4.57 Å². The number of ether oxygens (including phenoxy) is 1. The summed E-state index contributed by atoms with van der Waals surface area (Å²) in [6, 6.07) is 1.22. The molecular weight excluding hydrogens is 377 g/mol. The summed E-state index contributed by atoms with van der Waals surface area (Å²) in [5.41, 5.74) is 6.77. The van der Waals surface area contributed by atoms with Crippen molar-refractivity contribution in [3.63, 3.8) is 0 Å². The van der Waals surface area contributed by atoms with Gasteiger partial charge in [-0.15, -0.1) is 0 Å². The molecule has 1 saturated heterocycles. The number of pyridine rings is 1. The van der Waals surface area contributed by atoms with Crippen molar-refractivity contribution >= 4 is 22.6 Å². The van der Waals surface area contributed by atoms with Crippen molar-refractivity contribution in [3.05, 3.63) is 51.6 Å². The van der Waals surface area contributed by atoms with E-state index < -0.39 is 29.0 Å². The third kappa shape index (κ3) is 2.63. The molecule has 0 bridgehead atoms. The van der Waals surface area contributed by atoms with Crippen LogP contribution in [0.4, 0.5) is 10.1 Å². The molecule has 2 unspecified atom stereocenters. The number of rotatable bonds is 2. The maximum Gasteiger partial charge on any atom is 0.341 e. The Bertz CT molecular complexity index is 1130. The first-order valence-corrected chi connectivity index (χ1v) is 9.79. The largest absolute Gasteiger partial charge is 0.477 e. The van der Waals surface area contributed by atoms with Gasteiger partial charge in [-0.05, 0) is 25.3 Å². The highest BCUT2D eigenvalue weighted by atomic mass is 19.1. The van der Waals surface area contributed by atoms with E-state index in [0.29, 0.717) is 29.9 Å². The van der Waals surface area contributed by atoms with Gasteiger partial charge in [-0.3, -0.25) is 4.79 Å². The molecule has 29 heavy (non-hydrogen) atoms. The molecule has 8 heteroatoms. The quantitative estimate of drug-likeness (QED) is 0.752. The number of carboxylic acids is 1. The zero-order valence-corrected chi connectivity index (χ0v) is 16.0. The second-order valence-electron chi connectivity index (χ2n) is 8.14. The molecule has 0 spiro atoms. The molecule has 4 atom stereocenters. The zero-order chi connectivity index (χ0) is 20.4. The molecule has 2 aliphatic heterocycles. The number of hydrogen-bond acceptors (Lipinski definition) is 5. The highest BCUT2D eigenvalue weighted by Gasteiger charge is 2.39. The Morgan fingerprint density at radius 2 is 2.17 bits per heavy atom. The molecule has 0 saturated carbocycles. The van der Waals surface area contributed by atoms with Gasteiger partial charge >= 0.3 is 5.97 Å². The predicted octanol–water partition coefficient (Wildman–Crippen LogP) is 2.23. The van der Waals surface area contributed by atoms with Crippen molar-refractivity contribution in [2.45, 2.75) is 32.2 Å². The highest BCUT2D eigenvalue weighted by molar-refractivity contribution is 5.95. The van der Waals surface area contributed by atoms with E-state index in [2.05, 4.69) is 12.2 Å². The number of carboxylic acid groups (broad SMARTS) is 1. The topological polar surface area (TPSA) is 97.8 Å². The van der Waals surface area contributed by atoms with Gasteiger partial charge in [0.05, 0.1) is 23.2 Å². The molecule has 1 aromatic carbocycles. The lowest BCUT2D eigenvalue weighted by molar-refractivity contribution is -0.00180. The van der Waals surface area contributed by atoms with Gasteiger partial charge in [0, 0.05) is 36.8 Å². The Morgan fingerprint density at radius 1 is 1.38 bits per heavy atom. The Hall–Kier alpha value is -2.71. The van der Waals surface area contributed by atoms with Crippen LogP contribution in [-0.2, 0) is 11.3 Å². The summed E-state index contributed by atoms with van der Waals surface area (Å²) in [6.07, 6.45) is 5.91. The smallest absolute Gasteiger partial charge is 0.341 e. The monoisotopic (exact) mass is 399 g/mol. The number of halogens is 1. The molecule has 152 valence electrons. The Balaban J connectivity index is 1.72. The lowest BCUT2D eigenvalue weighted by atomic mass is 9.83. The maximum atomic E-state index is 15.3. The lowest BCUT2D eigenvalue weighted by Crippen LogP contribution is -2.36. The van der Waals surface area contributed by atoms with E-state index in [4.69, 9.17) is 10.5 Å². The van der Waals surface area contributed by atoms with Crippen molar-refractivity contribution in [2.75, 3.05) is 18.0 Å². The van der Waals surface area contributed by atoms with Crippen LogP contribution in [0.1, 0.15) is 35.5 Å². The van der Waals surface area contributed by atoms with Crippen LogP contribution in [-0.4, -0.2) is 34.8 Å². The van der Waals surface area contributed by atoms with E-state index in [0.717, 1.165) is 6.42 Å². The van der Waals surface area contributed by atoms with Crippen LogP contribution in [0.5, 0.6) is 0 Å². The molecule has 1 aliphatic carbocycles. The molecule has 0 radical (unpaired) electrons. The van der Waals surface area contributed by atoms with E-state index in [9.17, 15) is 14.7 Å². The van der Waals surface area contributed by atoms with Crippen molar-refractivity contribution in [2.24, 2.45) is 17.6 Å². The summed E-state index contributed by atoms with van der Waals surface area (Å²) < 4.78 is 22.7. The summed E-state index contributed by atoms with van der Waals surface area (Å²) in [5, 5.41) is 9.46. The van der Waals surface area contributed by atoms with Crippen LogP contribution >= 0.6 is 0 Å². The van der Waals surface area contributed by atoms with Gasteiger partial charge < -0.3 is 25.0 Å². The molecule has 5 rings (SSSR count). The van der Waals surface area contributed by atoms with Crippen molar-refractivity contribution in [3.8, 4) is 0 Å². The molecular formula is C21H22FN3O4. The summed E-state index contributed by atoms with van der Waals surface area (Å²) in [5.74, 6) is -1.36. The third-order valence-corrected chi connectivity index (χ3v) is 6.50. The second kappa shape index (κ2) is 6.40. The fraction of sp³-hybridized carbons (Fsp3) is 0.429. The van der Waals surface area contributed by atoms with E-state index >= 15 is 4.39 Å². The molecule has 7 nitrogen and oxygen atoms in total. The third-order valence-electron chi connectivity index (χ3n) is 6.50.